The van der Waals surface area contributed by atoms with Crippen molar-refractivity contribution in [2.45, 2.75) is 6.54 Å². The second-order valence-electron chi connectivity index (χ2n) is 3.29. The highest BCUT2D eigenvalue weighted by atomic mass is 16.5. The quantitative estimate of drug-likeness (QED) is 0.694. The van der Waals surface area contributed by atoms with E-state index in [2.05, 4.69) is 15.3 Å². The molecule has 0 fully saturated rings. The third kappa shape index (κ3) is 1.36. The van der Waals surface area contributed by atoms with Crippen molar-refractivity contribution >= 4 is 11.0 Å². The van der Waals surface area contributed by atoms with Crippen LogP contribution in [-0.4, -0.2) is 15.3 Å². The van der Waals surface area contributed by atoms with Crippen LogP contribution >= 0.6 is 0 Å². The zero-order valence-electron chi connectivity index (χ0n) is 8.25. The van der Waals surface area contributed by atoms with Crippen LogP contribution in [0.3, 0.4) is 0 Å². The molecule has 0 aliphatic rings. The van der Waals surface area contributed by atoms with Gasteiger partial charge < -0.3 is 14.8 Å². The van der Waals surface area contributed by atoms with E-state index in [9.17, 15) is 0 Å². The van der Waals surface area contributed by atoms with Gasteiger partial charge in [-0.15, -0.1) is 0 Å². The van der Waals surface area contributed by atoms with Crippen LogP contribution in [0, 0.1) is 0 Å². The molecule has 1 aromatic carbocycles. The Morgan fingerprint density at radius 1 is 1.25 bits per heavy atom. The summed E-state index contributed by atoms with van der Waals surface area (Å²) in [6, 6.07) is 5.55. The summed E-state index contributed by atoms with van der Waals surface area (Å²) in [5.41, 5.74) is 6.97. The van der Waals surface area contributed by atoms with Crippen LogP contribution < -0.4 is 5.73 Å². The Morgan fingerprint density at radius 2 is 2.19 bits per heavy atom. The predicted molar refractivity (Wildman–Crippen MR) is 55.2 cm³/mol. The highest BCUT2D eigenvalue weighted by Crippen LogP contribution is 2.21. The Kier molecular flexibility index (Phi) is 1.94. The monoisotopic (exact) mass is 216 g/mol. The molecule has 0 aliphatic heterocycles. The lowest BCUT2D eigenvalue weighted by Gasteiger charge is -1.92. The summed E-state index contributed by atoms with van der Waals surface area (Å²) in [6.45, 7) is 0.239. The molecule has 0 bridgehead atoms. The largest absolute Gasteiger partial charge is 0.356 e. The van der Waals surface area contributed by atoms with Gasteiger partial charge in [-0.25, -0.2) is 0 Å². The molecule has 80 valence electrons. The van der Waals surface area contributed by atoms with Crippen molar-refractivity contribution < 1.29 is 9.05 Å². The van der Waals surface area contributed by atoms with E-state index in [0.717, 1.165) is 16.5 Å². The van der Waals surface area contributed by atoms with Gasteiger partial charge in [0.05, 0.1) is 12.7 Å². The Hall–Kier alpha value is -2.21. The molecule has 6 nitrogen and oxygen atoms in total. The predicted octanol–water partition coefficient (Wildman–Crippen LogP) is 1.34. The Balaban J connectivity index is 2.10. The molecule has 2 aromatic heterocycles. The van der Waals surface area contributed by atoms with Crippen molar-refractivity contribution in [1.29, 1.82) is 0 Å². The average Bonchev–Trinajstić information content (AvgIpc) is 2.96. The van der Waals surface area contributed by atoms with E-state index < -0.39 is 0 Å². The normalized spacial score (nSPS) is 11.1. The maximum atomic E-state index is 5.39. The maximum absolute atomic E-state index is 5.39. The van der Waals surface area contributed by atoms with E-state index in [0.29, 0.717) is 11.7 Å². The number of rotatable bonds is 2. The Bertz CT molecular complexity index is 628. The van der Waals surface area contributed by atoms with Crippen molar-refractivity contribution in [3.8, 4) is 11.4 Å². The molecule has 0 aliphatic carbocycles. The molecule has 0 radical (unpaired) electrons. The summed E-state index contributed by atoms with van der Waals surface area (Å²) >= 11 is 0. The molecular formula is C10H8N4O2. The summed E-state index contributed by atoms with van der Waals surface area (Å²) in [6.07, 6.45) is 1.64. The topological polar surface area (TPSA) is 91.0 Å². The lowest BCUT2D eigenvalue weighted by Crippen LogP contribution is -1.95. The molecule has 0 atom stereocenters. The van der Waals surface area contributed by atoms with E-state index in [4.69, 9.17) is 14.8 Å². The van der Waals surface area contributed by atoms with E-state index >= 15 is 0 Å². The first-order valence-electron chi connectivity index (χ1n) is 4.74. The second-order valence-corrected chi connectivity index (χ2v) is 3.29. The minimum atomic E-state index is 0.239. The third-order valence-corrected chi connectivity index (χ3v) is 2.25. The molecule has 0 amide bonds. The van der Waals surface area contributed by atoms with Crippen LogP contribution in [0.4, 0.5) is 0 Å². The molecule has 2 N–H and O–H groups in total. The van der Waals surface area contributed by atoms with Crippen molar-refractivity contribution in [3.63, 3.8) is 0 Å². The molecule has 16 heavy (non-hydrogen) atoms. The molecule has 0 saturated heterocycles. The smallest absolute Gasteiger partial charge is 0.240 e. The Labute approximate surface area is 90.0 Å². The first kappa shape index (κ1) is 9.05. The van der Waals surface area contributed by atoms with Gasteiger partial charge in [-0.05, 0) is 18.2 Å². The molecule has 3 aromatic rings. The number of benzene rings is 1. The average molecular weight is 216 g/mol. The Morgan fingerprint density at radius 3 is 3.00 bits per heavy atom. The number of hydrogen-bond donors (Lipinski definition) is 1. The molecule has 0 unspecified atom stereocenters. The fourth-order valence-electron chi connectivity index (χ4n) is 1.47. The first-order chi connectivity index (χ1) is 7.86. The van der Waals surface area contributed by atoms with Crippen LogP contribution in [0.5, 0.6) is 0 Å². The van der Waals surface area contributed by atoms with Crippen molar-refractivity contribution in [2.75, 3.05) is 0 Å². The van der Waals surface area contributed by atoms with Gasteiger partial charge in [-0.1, -0.05) is 10.3 Å². The maximum Gasteiger partial charge on any atom is 0.240 e. The highest BCUT2D eigenvalue weighted by Gasteiger charge is 2.08. The van der Waals surface area contributed by atoms with Crippen LogP contribution in [0.2, 0.25) is 0 Å². The van der Waals surface area contributed by atoms with Crippen molar-refractivity contribution in [2.24, 2.45) is 5.73 Å². The summed E-state index contributed by atoms with van der Waals surface area (Å²) in [5.74, 6) is 0.934. The third-order valence-electron chi connectivity index (χ3n) is 2.25. The summed E-state index contributed by atoms with van der Waals surface area (Å²) in [5, 5.41) is 8.43. The SMILES string of the molecule is NCc1nc(-c2ccc3oncc3c2)no1. The molecule has 0 saturated carbocycles. The van der Waals surface area contributed by atoms with E-state index in [1.165, 1.54) is 0 Å². The van der Waals surface area contributed by atoms with Gasteiger partial charge in [0.25, 0.3) is 0 Å². The van der Waals surface area contributed by atoms with Crippen molar-refractivity contribution in [1.82, 2.24) is 15.3 Å². The van der Waals surface area contributed by atoms with Gasteiger partial charge in [-0.2, -0.15) is 4.98 Å². The number of nitrogens with two attached hydrogens (primary N) is 1. The number of fused-ring (bicyclic) bond motifs is 1. The standard InChI is InChI=1S/C10H8N4O2/c11-4-9-13-10(14-16-9)6-1-2-8-7(3-6)5-12-15-8/h1-3,5H,4,11H2. The second kappa shape index (κ2) is 3.42. The summed E-state index contributed by atoms with van der Waals surface area (Å²) < 4.78 is 9.94. The highest BCUT2D eigenvalue weighted by molar-refractivity contribution is 5.81. The lowest BCUT2D eigenvalue weighted by molar-refractivity contribution is 0.380. The number of aromatic nitrogens is 3. The molecule has 2 heterocycles. The van der Waals surface area contributed by atoms with Crippen LogP contribution in [0.25, 0.3) is 22.4 Å². The summed E-state index contributed by atoms with van der Waals surface area (Å²) in [4.78, 5) is 4.14. The van der Waals surface area contributed by atoms with Crippen molar-refractivity contribution in [3.05, 3.63) is 30.3 Å². The zero-order chi connectivity index (χ0) is 11.0. The minimum Gasteiger partial charge on any atom is -0.356 e. The van der Waals surface area contributed by atoms with Crippen LogP contribution in [0.1, 0.15) is 5.89 Å². The molecule has 3 rings (SSSR count). The molecular weight excluding hydrogens is 208 g/mol. The van der Waals surface area contributed by atoms with E-state index in [-0.39, 0.29) is 6.54 Å². The van der Waals surface area contributed by atoms with Crippen LogP contribution in [0.15, 0.2) is 33.4 Å². The van der Waals surface area contributed by atoms with Crippen LogP contribution in [-0.2, 0) is 6.54 Å². The fourth-order valence-corrected chi connectivity index (χ4v) is 1.47. The van der Waals surface area contributed by atoms with Gasteiger partial charge in [0.1, 0.15) is 0 Å². The van der Waals surface area contributed by atoms with E-state index in [1.807, 2.05) is 18.2 Å². The first-order valence-corrected chi connectivity index (χ1v) is 4.74. The minimum absolute atomic E-state index is 0.239. The zero-order valence-corrected chi connectivity index (χ0v) is 8.25. The van der Waals surface area contributed by atoms with Gasteiger partial charge in [-0.3, -0.25) is 0 Å². The van der Waals surface area contributed by atoms with Gasteiger partial charge in [0.2, 0.25) is 11.7 Å². The molecule has 6 heteroatoms. The van der Waals surface area contributed by atoms with Gasteiger partial charge >= 0.3 is 0 Å². The molecule has 0 spiro atoms. The number of hydrogen-bond acceptors (Lipinski definition) is 6. The number of nitrogens with zero attached hydrogens (tertiary/aromatic N) is 3. The fraction of sp³-hybridized carbons (Fsp3) is 0.100. The van der Waals surface area contributed by atoms with Gasteiger partial charge in [0, 0.05) is 10.9 Å². The lowest BCUT2D eigenvalue weighted by atomic mass is 10.1. The summed E-state index contributed by atoms with van der Waals surface area (Å²) in [7, 11) is 0. The van der Waals surface area contributed by atoms with E-state index in [1.54, 1.807) is 6.20 Å². The van der Waals surface area contributed by atoms with Gasteiger partial charge in [0.15, 0.2) is 5.58 Å².